The third-order valence-electron chi connectivity index (χ3n) is 5.75. The van der Waals surface area contributed by atoms with E-state index in [9.17, 15) is 14.4 Å². The van der Waals surface area contributed by atoms with Gasteiger partial charge in [-0.3, -0.25) is 14.5 Å². The molecule has 0 saturated carbocycles. The molecule has 0 bridgehead atoms. The molecule has 10 nitrogen and oxygen atoms in total. The summed E-state index contributed by atoms with van der Waals surface area (Å²) in [5, 5.41) is 10.9. The van der Waals surface area contributed by atoms with E-state index in [0.717, 1.165) is 16.0 Å². The van der Waals surface area contributed by atoms with Gasteiger partial charge in [-0.05, 0) is 47.5 Å². The Hall–Kier alpha value is -4.73. The fourth-order valence-corrected chi connectivity index (χ4v) is 3.77. The van der Waals surface area contributed by atoms with Crippen molar-refractivity contribution in [3.8, 4) is 23.0 Å². The van der Waals surface area contributed by atoms with E-state index in [1.54, 1.807) is 14.2 Å². The zero-order chi connectivity index (χ0) is 26.4. The summed E-state index contributed by atoms with van der Waals surface area (Å²) in [5.74, 6) is 0.980. The minimum Gasteiger partial charge on any atom is -0.497 e. The van der Waals surface area contributed by atoms with Gasteiger partial charge in [-0.25, -0.2) is 4.79 Å². The summed E-state index contributed by atoms with van der Waals surface area (Å²) in [6, 6.07) is 17.7. The lowest BCUT2D eigenvalue weighted by molar-refractivity contribution is 0.0654. The van der Waals surface area contributed by atoms with Crippen LogP contribution in [0.3, 0.4) is 0 Å². The molecule has 0 unspecified atom stereocenters. The lowest BCUT2D eigenvalue weighted by atomic mass is 10.1. The minimum absolute atomic E-state index is 0.0809. The predicted molar refractivity (Wildman–Crippen MR) is 132 cm³/mol. The van der Waals surface area contributed by atoms with E-state index >= 15 is 0 Å². The molecule has 0 spiro atoms. The first kappa shape index (κ1) is 25.4. The number of hydrogen-bond acceptors (Lipinski definition) is 7. The monoisotopic (exact) mass is 506 g/mol. The summed E-state index contributed by atoms with van der Waals surface area (Å²) < 4.78 is 22.4. The first-order chi connectivity index (χ1) is 17.9. The molecule has 2 N–H and O–H groups in total. The maximum Gasteiger partial charge on any atom is 0.404 e. The van der Waals surface area contributed by atoms with Gasteiger partial charge in [-0.15, -0.1) is 0 Å². The molecule has 0 radical (unpaired) electrons. The third kappa shape index (κ3) is 5.92. The van der Waals surface area contributed by atoms with Crippen LogP contribution in [-0.4, -0.2) is 55.2 Å². The van der Waals surface area contributed by atoms with Crippen molar-refractivity contribution in [2.45, 2.75) is 13.2 Å². The minimum atomic E-state index is -1.24. The maximum atomic E-state index is 12.9. The number of imide groups is 1. The lowest BCUT2D eigenvalue weighted by Crippen LogP contribution is -2.37. The number of nitrogens with zero attached hydrogens (tertiary/aromatic N) is 1. The summed E-state index contributed by atoms with van der Waals surface area (Å²) in [6.07, 6.45) is -1.24. The van der Waals surface area contributed by atoms with Crippen molar-refractivity contribution in [3.05, 3.63) is 82.9 Å². The molecule has 0 atom stereocenters. The van der Waals surface area contributed by atoms with Crippen molar-refractivity contribution in [1.29, 1.82) is 0 Å². The molecule has 192 valence electrons. The van der Waals surface area contributed by atoms with Gasteiger partial charge in [0, 0.05) is 13.1 Å². The molecule has 1 heterocycles. The van der Waals surface area contributed by atoms with Crippen molar-refractivity contribution in [3.63, 3.8) is 0 Å². The van der Waals surface area contributed by atoms with Gasteiger partial charge in [0.15, 0.2) is 11.5 Å². The number of amides is 3. The van der Waals surface area contributed by atoms with Gasteiger partial charge in [0.05, 0.1) is 25.3 Å². The summed E-state index contributed by atoms with van der Waals surface area (Å²) in [5.41, 5.74) is 2.07. The van der Waals surface area contributed by atoms with Crippen LogP contribution >= 0.6 is 0 Å². The number of carbonyl (C=O) groups excluding carboxylic acids is 2. The first-order valence-corrected chi connectivity index (χ1v) is 11.4. The van der Waals surface area contributed by atoms with Crippen molar-refractivity contribution in [2.24, 2.45) is 0 Å². The topological polar surface area (TPSA) is 124 Å². The Labute approximate surface area is 213 Å². The van der Waals surface area contributed by atoms with Gasteiger partial charge in [0.25, 0.3) is 11.8 Å². The van der Waals surface area contributed by atoms with Gasteiger partial charge < -0.3 is 29.4 Å². The molecule has 1 aliphatic heterocycles. The van der Waals surface area contributed by atoms with Crippen LogP contribution in [0.4, 0.5) is 4.79 Å². The van der Waals surface area contributed by atoms with E-state index in [-0.39, 0.29) is 37.4 Å². The number of carbonyl (C=O) groups is 3. The normalized spacial score (nSPS) is 12.2. The van der Waals surface area contributed by atoms with Gasteiger partial charge in [0.1, 0.15) is 24.7 Å². The highest BCUT2D eigenvalue weighted by molar-refractivity contribution is 6.21. The SMILES string of the molecule is COc1ccc(COc2cc3c(cc2OCc2ccc(OC)cc2)C(=O)N(CCNC(=O)O)C3=O)cc1. The Morgan fingerprint density at radius 2 is 1.22 bits per heavy atom. The van der Waals surface area contributed by atoms with Crippen LogP contribution in [-0.2, 0) is 13.2 Å². The van der Waals surface area contributed by atoms with E-state index in [2.05, 4.69) is 5.32 Å². The number of rotatable bonds is 11. The van der Waals surface area contributed by atoms with Crippen LogP contribution in [0.25, 0.3) is 0 Å². The molecule has 3 aromatic carbocycles. The number of hydrogen-bond donors (Lipinski definition) is 2. The smallest absolute Gasteiger partial charge is 0.404 e. The highest BCUT2D eigenvalue weighted by atomic mass is 16.5. The highest BCUT2D eigenvalue weighted by Gasteiger charge is 2.37. The Kier molecular flexibility index (Phi) is 7.77. The number of carboxylic acid groups (broad SMARTS) is 1. The zero-order valence-corrected chi connectivity index (χ0v) is 20.4. The van der Waals surface area contributed by atoms with E-state index in [1.165, 1.54) is 12.1 Å². The van der Waals surface area contributed by atoms with Crippen LogP contribution in [0, 0.1) is 0 Å². The summed E-state index contributed by atoms with van der Waals surface area (Å²) in [7, 11) is 3.17. The van der Waals surface area contributed by atoms with Crippen molar-refractivity contribution in [1.82, 2.24) is 10.2 Å². The van der Waals surface area contributed by atoms with Crippen LogP contribution in [0.15, 0.2) is 60.7 Å². The molecule has 3 amide bonds. The second-order valence-electron chi connectivity index (χ2n) is 8.11. The van der Waals surface area contributed by atoms with Gasteiger partial charge >= 0.3 is 6.09 Å². The maximum absolute atomic E-state index is 12.9. The quantitative estimate of drug-likeness (QED) is 0.377. The second kappa shape index (κ2) is 11.3. The van der Waals surface area contributed by atoms with E-state index < -0.39 is 17.9 Å². The fourth-order valence-electron chi connectivity index (χ4n) is 3.77. The Bertz CT molecular complexity index is 1200. The van der Waals surface area contributed by atoms with E-state index in [1.807, 2.05) is 48.5 Å². The molecular weight excluding hydrogens is 480 g/mol. The van der Waals surface area contributed by atoms with Gasteiger partial charge in [-0.1, -0.05) is 24.3 Å². The van der Waals surface area contributed by atoms with Gasteiger partial charge in [0.2, 0.25) is 0 Å². The lowest BCUT2D eigenvalue weighted by Gasteiger charge is -2.14. The average molecular weight is 507 g/mol. The molecule has 37 heavy (non-hydrogen) atoms. The van der Waals surface area contributed by atoms with Crippen molar-refractivity contribution < 1.29 is 38.4 Å². The Balaban J connectivity index is 1.58. The number of methoxy groups -OCH3 is 2. The molecule has 0 aromatic heterocycles. The van der Waals surface area contributed by atoms with Gasteiger partial charge in [-0.2, -0.15) is 0 Å². The molecule has 0 aliphatic carbocycles. The number of benzene rings is 3. The van der Waals surface area contributed by atoms with Crippen molar-refractivity contribution >= 4 is 17.9 Å². The number of nitrogens with one attached hydrogen (secondary N) is 1. The predicted octanol–water partition coefficient (Wildman–Crippen LogP) is 3.73. The molecule has 4 rings (SSSR count). The Morgan fingerprint density at radius 3 is 1.59 bits per heavy atom. The van der Waals surface area contributed by atoms with Crippen LogP contribution in [0.2, 0.25) is 0 Å². The van der Waals surface area contributed by atoms with E-state index in [0.29, 0.717) is 23.0 Å². The molecule has 10 heteroatoms. The first-order valence-electron chi connectivity index (χ1n) is 11.4. The van der Waals surface area contributed by atoms with Crippen LogP contribution < -0.4 is 24.3 Å². The standard InChI is InChI=1S/C27H26N2O8/c1-34-19-7-3-17(4-8-19)15-36-23-13-21-22(26(31)29(25(21)30)12-11-28-27(32)33)14-24(23)37-16-18-5-9-20(35-2)10-6-18/h3-10,13-14,28H,11-12,15-16H2,1-2H3,(H,32,33). The number of fused-ring (bicyclic) bond motifs is 1. The van der Waals surface area contributed by atoms with Crippen LogP contribution in [0.5, 0.6) is 23.0 Å². The average Bonchev–Trinajstić information content (AvgIpc) is 3.14. The molecule has 3 aromatic rings. The van der Waals surface area contributed by atoms with Crippen LogP contribution in [0.1, 0.15) is 31.8 Å². The Morgan fingerprint density at radius 1 is 0.784 bits per heavy atom. The fraction of sp³-hybridized carbons (Fsp3) is 0.222. The number of ether oxygens (including phenoxy) is 4. The molecule has 1 aliphatic rings. The molecule has 0 saturated heterocycles. The van der Waals surface area contributed by atoms with E-state index in [4.69, 9.17) is 24.1 Å². The summed E-state index contributed by atoms with van der Waals surface area (Å²) >= 11 is 0. The summed E-state index contributed by atoms with van der Waals surface area (Å²) in [6.45, 7) is 0.206. The zero-order valence-electron chi connectivity index (χ0n) is 20.4. The van der Waals surface area contributed by atoms with Crippen molar-refractivity contribution in [2.75, 3.05) is 27.3 Å². The highest BCUT2D eigenvalue weighted by Crippen LogP contribution is 2.36. The second-order valence-corrected chi connectivity index (χ2v) is 8.11. The summed E-state index contributed by atoms with van der Waals surface area (Å²) in [4.78, 5) is 37.6. The molecular formula is C27H26N2O8. The third-order valence-corrected chi connectivity index (χ3v) is 5.75. The largest absolute Gasteiger partial charge is 0.497 e. The molecule has 0 fully saturated rings.